The minimum atomic E-state index is -0.160. The molecule has 2 aromatic rings. The first-order valence-corrected chi connectivity index (χ1v) is 7.46. The second-order valence-corrected chi connectivity index (χ2v) is 5.69. The number of hydrogen-bond donors (Lipinski definition) is 1. The Morgan fingerprint density at radius 3 is 2.91 bits per heavy atom. The number of carbonyl (C=O) groups excluding carboxylic acids is 2. The number of aromatic nitrogens is 2. The second kappa shape index (κ2) is 6.20. The Bertz CT molecular complexity index is 740. The molecule has 1 unspecified atom stereocenters. The summed E-state index contributed by atoms with van der Waals surface area (Å²) in [5.74, 6) is -0.123. The van der Waals surface area contributed by atoms with Crippen molar-refractivity contribution in [1.29, 1.82) is 0 Å². The molecule has 1 aromatic carbocycles. The molecule has 0 fully saturated rings. The van der Waals surface area contributed by atoms with Crippen LogP contribution in [0.5, 0.6) is 0 Å². The fourth-order valence-electron chi connectivity index (χ4n) is 2.77. The summed E-state index contributed by atoms with van der Waals surface area (Å²) in [5, 5.41) is 10.2. The summed E-state index contributed by atoms with van der Waals surface area (Å²) in [6.07, 6.45) is 0.510. The van der Waals surface area contributed by atoms with Crippen molar-refractivity contribution < 1.29 is 14.2 Å². The number of amides is 2. The molecule has 1 aromatic heterocycles. The van der Waals surface area contributed by atoms with Gasteiger partial charge in [-0.1, -0.05) is 28.5 Å². The van der Waals surface area contributed by atoms with Gasteiger partial charge in [-0.3, -0.25) is 9.59 Å². The van der Waals surface area contributed by atoms with E-state index in [1.54, 1.807) is 18.9 Å². The maximum atomic E-state index is 12.1. The minimum absolute atomic E-state index is 0.0182. The molecule has 0 spiro atoms. The van der Waals surface area contributed by atoms with Crippen molar-refractivity contribution in [1.82, 2.24) is 15.6 Å². The zero-order chi connectivity index (χ0) is 16.4. The Kier molecular flexibility index (Phi) is 4.10. The van der Waals surface area contributed by atoms with Gasteiger partial charge in [-0.2, -0.15) is 0 Å². The third-order valence-corrected chi connectivity index (χ3v) is 4.15. The number of para-hydroxylation sites is 1. The maximum Gasteiger partial charge on any atom is 0.227 e. The molecule has 120 valence electrons. The Balaban J connectivity index is 1.66. The van der Waals surface area contributed by atoms with Gasteiger partial charge in [0, 0.05) is 31.6 Å². The van der Waals surface area contributed by atoms with Crippen molar-refractivity contribution in [2.45, 2.75) is 25.7 Å². The van der Waals surface area contributed by atoms with E-state index < -0.39 is 0 Å². The minimum Gasteiger partial charge on any atom is -0.355 e. The SMILES string of the molecule is Cc1nonc1CC(=O)NCC1CC(=O)N(C)c2ccccc21. The fourth-order valence-corrected chi connectivity index (χ4v) is 2.77. The highest BCUT2D eigenvalue weighted by molar-refractivity contribution is 5.96. The maximum absolute atomic E-state index is 12.1. The molecule has 1 atom stereocenters. The molecule has 2 heterocycles. The molecule has 1 aliphatic heterocycles. The molecule has 0 saturated carbocycles. The highest BCUT2D eigenvalue weighted by Gasteiger charge is 2.29. The van der Waals surface area contributed by atoms with Crippen LogP contribution in [0.1, 0.15) is 29.3 Å². The molecule has 1 N–H and O–H groups in total. The van der Waals surface area contributed by atoms with Gasteiger partial charge in [-0.25, -0.2) is 4.63 Å². The molecule has 0 radical (unpaired) electrons. The normalized spacial score (nSPS) is 17.0. The first-order valence-electron chi connectivity index (χ1n) is 7.46. The predicted octanol–water partition coefficient (Wildman–Crippen LogP) is 1.19. The van der Waals surface area contributed by atoms with Gasteiger partial charge in [0.25, 0.3) is 0 Å². The van der Waals surface area contributed by atoms with Crippen molar-refractivity contribution in [2.24, 2.45) is 0 Å². The summed E-state index contributed by atoms with van der Waals surface area (Å²) in [5.41, 5.74) is 3.12. The molecule has 3 rings (SSSR count). The van der Waals surface area contributed by atoms with Crippen LogP contribution in [0.25, 0.3) is 0 Å². The summed E-state index contributed by atoms with van der Waals surface area (Å²) in [6, 6.07) is 7.78. The molecule has 7 nitrogen and oxygen atoms in total. The van der Waals surface area contributed by atoms with Gasteiger partial charge in [0.05, 0.1) is 6.42 Å². The van der Waals surface area contributed by atoms with Crippen molar-refractivity contribution in [3.05, 3.63) is 41.2 Å². The van der Waals surface area contributed by atoms with Crippen molar-refractivity contribution in [3.8, 4) is 0 Å². The lowest BCUT2D eigenvalue weighted by Crippen LogP contribution is -2.38. The van der Waals surface area contributed by atoms with Crippen molar-refractivity contribution in [2.75, 3.05) is 18.5 Å². The Morgan fingerprint density at radius 1 is 1.39 bits per heavy atom. The van der Waals surface area contributed by atoms with Crippen molar-refractivity contribution >= 4 is 17.5 Å². The number of carbonyl (C=O) groups is 2. The summed E-state index contributed by atoms with van der Waals surface area (Å²) in [7, 11) is 1.77. The van der Waals surface area contributed by atoms with Gasteiger partial charge in [0.15, 0.2) is 0 Å². The molecule has 0 aliphatic carbocycles. The number of nitrogens with zero attached hydrogens (tertiary/aromatic N) is 3. The van der Waals surface area contributed by atoms with E-state index in [9.17, 15) is 9.59 Å². The van der Waals surface area contributed by atoms with Gasteiger partial charge in [-0.15, -0.1) is 0 Å². The average molecular weight is 314 g/mol. The van der Waals surface area contributed by atoms with Gasteiger partial charge in [0.2, 0.25) is 11.8 Å². The molecule has 7 heteroatoms. The van der Waals surface area contributed by atoms with E-state index in [0.29, 0.717) is 24.4 Å². The van der Waals surface area contributed by atoms with E-state index in [4.69, 9.17) is 0 Å². The summed E-state index contributed by atoms with van der Waals surface area (Å²) in [6.45, 7) is 2.16. The Labute approximate surface area is 133 Å². The van der Waals surface area contributed by atoms with E-state index in [2.05, 4.69) is 20.3 Å². The monoisotopic (exact) mass is 314 g/mol. The van der Waals surface area contributed by atoms with Crippen LogP contribution in [0.15, 0.2) is 28.9 Å². The molecule has 1 aliphatic rings. The summed E-state index contributed by atoms with van der Waals surface area (Å²) < 4.78 is 4.58. The number of aryl methyl sites for hydroxylation is 1. The third kappa shape index (κ3) is 3.08. The predicted molar refractivity (Wildman–Crippen MR) is 83.0 cm³/mol. The molecule has 0 saturated heterocycles. The number of benzene rings is 1. The standard InChI is InChI=1S/C16H18N4O3/c1-10-13(19-23-18-10)8-15(21)17-9-11-7-16(22)20(2)14-6-4-3-5-12(11)14/h3-6,11H,7-9H2,1-2H3,(H,17,21). The van der Waals surface area contributed by atoms with Crippen LogP contribution in [-0.2, 0) is 16.0 Å². The molecule has 23 heavy (non-hydrogen) atoms. The van der Waals surface area contributed by atoms with Gasteiger partial charge < -0.3 is 10.2 Å². The zero-order valence-electron chi connectivity index (χ0n) is 13.1. The smallest absolute Gasteiger partial charge is 0.227 e. The van der Waals surface area contributed by atoms with E-state index in [1.165, 1.54) is 0 Å². The number of fused-ring (bicyclic) bond motifs is 1. The largest absolute Gasteiger partial charge is 0.355 e. The molecular weight excluding hydrogens is 296 g/mol. The van der Waals surface area contributed by atoms with Crippen LogP contribution in [0, 0.1) is 6.92 Å². The molecular formula is C16H18N4O3. The van der Waals surface area contributed by atoms with E-state index >= 15 is 0 Å². The summed E-state index contributed by atoms with van der Waals surface area (Å²) in [4.78, 5) is 25.8. The highest BCUT2D eigenvalue weighted by atomic mass is 16.6. The zero-order valence-corrected chi connectivity index (χ0v) is 13.1. The van der Waals surface area contributed by atoms with E-state index in [1.807, 2.05) is 24.3 Å². The number of rotatable bonds is 4. The van der Waals surface area contributed by atoms with Crippen LogP contribution in [0.2, 0.25) is 0 Å². The van der Waals surface area contributed by atoms with Crippen LogP contribution in [-0.4, -0.2) is 35.7 Å². The van der Waals surface area contributed by atoms with E-state index in [-0.39, 0.29) is 24.2 Å². The van der Waals surface area contributed by atoms with Gasteiger partial charge >= 0.3 is 0 Å². The fraction of sp³-hybridized carbons (Fsp3) is 0.375. The van der Waals surface area contributed by atoms with Crippen LogP contribution >= 0.6 is 0 Å². The Hall–Kier alpha value is -2.70. The Morgan fingerprint density at radius 2 is 2.17 bits per heavy atom. The topological polar surface area (TPSA) is 88.3 Å². The van der Waals surface area contributed by atoms with Crippen LogP contribution in [0.3, 0.4) is 0 Å². The second-order valence-electron chi connectivity index (χ2n) is 5.69. The lowest BCUT2D eigenvalue weighted by atomic mass is 9.89. The van der Waals surface area contributed by atoms with Gasteiger partial charge in [-0.05, 0) is 18.6 Å². The highest BCUT2D eigenvalue weighted by Crippen LogP contribution is 2.34. The average Bonchev–Trinajstić information content (AvgIpc) is 2.94. The van der Waals surface area contributed by atoms with Crippen molar-refractivity contribution in [3.63, 3.8) is 0 Å². The number of hydrogen-bond acceptors (Lipinski definition) is 5. The third-order valence-electron chi connectivity index (χ3n) is 4.15. The summed E-state index contributed by atoms with van der Waals surface area (Å²) >= 11 is 0. The van der Waals surface area contributed by atoms with Crippen LogP contribution in [0.4, 0.5) is 5.69 Å². The molecule has 0 bridgehead atoms. The quantitative estimate of drug-likeness (QED) is 0.915. The number of anilines is 1. The lowest BCUT2D eigenvalue weighted by Gasteiger charge is -2.31. The van der Waals surface area contributed by atoms with E-state index in [0.717, 1.165) is 11.3 Å². The molecule has 2 amide bonds. The number of nitrogens with one attached hydrogen (secondary N) is 1. The lowest BCUT2D eigenvalue weighted by molar-refractivity contribution is -0.122. The van der Waals surface area contributed by atoms with Gasteiger partial charge in [0.1, 0.15) is 11.4 Å². The first-order chi connectivity index (χ1) is 11.1. The first kappa shape index (κ1) is 15.2. The van der Waals surface area contributed by atoms with Crippen LogP contribution < -0.4 is 10.2 Å².